The Morgan fingerprint density at radius 1 is 0.833 bits per heavy atom. The summed E-state index contributed by atoms with van der Waals surface area (Å²) in [5.41, 5.74) is 2.35. The molecular weight excluding hydrogens is 320 g/mol. The van der Waals surface area contributed by atoms with Gasteiger partial charge in [0, 0.05) is 0 Å². The van der Waals surface area contributed by atoms with E-state index >= 15 is 0 Å². The maximum atomic E-state index is 12.5. The molecule has 0 aliphatic carbocycles. The van der Waals surface area contributed by atoms with Crippen molar-refractivity contribution in [3.8, 4) is 0 Å². The van der Waals surface area contributed by atoms with E-state index in [0.717, 1.165) is 12.8 Å². The van der Waals surface area contributed by atoms with Gasteiger partial charge in [-0.25, -0.2) is 4.79 Å². The fourth-order valence-electron chi connectivity index (χ4n) is 3.69. The molecular formula is C19H18N2O2S. The average Bonchev–Trinajstić information content (AvgIpc) is 3.08. The third kappa shape index (κ3) is 2.69. The van der Waals surface area contributed by atoms with Crippen molar-refractivity contribution in [1.82, 2.24) is 10.6 Å². The zero-order valence-corrected chi connectivity index (χ0v) is 13.9. The first-order valence-corrected chi connectivity index (χ1v) is 8.86. The quantitative estimate of drug-likeness (QED) is 0.842. The van der Waals surface area contributed by atoms with Gasteiger partial charge in [-0.1, -0.05) is 72.4 Å². The summed E-state index contributed by atoms with van der Waals surface area (Å²) in [7, 11) is 0. The lowest BCUT2D eigenvalue weighted by Crippen LogP contribution is -2.49. The lowest BCUT2D eigenvalue weighted by molar-refractivity contribution is -0.112. The van der Waals surface area contributed by atoms with Gasteiger partial charge in [-0.2, -0.15) is 0 Å². The average molecular weight is 338 g/mol. The van der Waals surface area contributed by atoms with Crippen LogP contribution in [0.15, 0.2) is 60.7 Å². The van der Waals surface area contributed by atoms with Crippen LogP contribution in [-0.2, 0) is 17.6 Å². The van der Waals surface area contributed by atoms with E-state index in [9.17, 15) is 9.59 Å². The van der Waals surface area contributed by atoms with Crippen molar-refractivity contribution >= 4 is 22.9 Å². The Hall–Kier alpha value is -2.27. The highest BCUT2D eigenvalue weighted by molar-refractivity contribution is 8.15. The van der Waals surface area contributed by atoms with Gasteiger partial charge >= 0.3 is 6.03 Å². The molecule has 122 valence electrons. The minimum atomic E-state index is -0.435. The second-order valence-electron chi connectivity index (χ2n) is 6.38. The number of carbonyl (C=O) groups is 2. The minimum Gasteiger partial charge on any atom is -0.331 e. The standard InChI is InChI=1S/C19H18N2O2S/c22-17-15-16(21-18(23)20-15)19(24-17,11-13-7-3-1-4-8-13)12-14-9-5-2-6-10-14/h1-10,15-16H,11-12H2,(H2,20,21,23). The van der Waals surface area contributed by atoms with E-state index in [1.54, 1.807) is 0 Å². The van der Waals surface area contributed by atoms with Gasteiger partial charge in [0.05, 0.1) is 10.8 Å². The predicted octanol–water partition coefficient (Wildman–Crippen LogP) is 2.53. The lowest BCUT2D eigenvalue weighted by Gasteiger charge is -2.33. The molecule has 2 unspecified atom stereocenters. The molecule has 0 spiro atoms. The molecule has 2 fully saturated rings. The van der Waals surface area contributed by atoms with Crippen molar-refractivity contribution < 1.29 is 9.59 Å². The van der Waals surface area contributed by atoms with Gasteiger partial charge < -0.3 is 10.6 Å². The first-order chi connectivity index (χ1) is 11.7. The summed E-state index contributed by atoms with van der Waals surface area (Å²) in [5.74, 6) is 0. The van der Waals surface area contributed by atoms with Crippen molar-refractivity contribution in [1.29, 1.82) is 0 Å². The van der Waals surface area contributed by atoms with Crippen molar-refractivity contribution in [2.24, 2.45) is 0 Å². The number of carbonyl (C=O) groups excluding carboxylic acids is 2. The molecule has 0 bridgehead atoms. The van der Waals surface area contributed by atoms with Gasteiger partial charge in [0.25, 0.3) is 0 Å². The molecule has 2 aliphatic rings. The van der Waals surface area contributed by atoms with Crippen LogP contribution >= 0.6 is 11.8 Å². The summed E-state index contributed by atoms with van der Waals surface area (Å²) in [6, 6.07) is 19.5. The number of hydrogen-bond donors (Lipinski definition) is 2. The molecule has 4 rings (SSSR count). The third-order valence-corrected chi connectivity index (χ3v) is 6.13. The third-order valence-electron chi connectivity index (χ3n) is 4.72. The van der Waals surface area contributed by atoms with E-state index in [-0.39, 0.29) is 21.9 Å². The number of thioether (sulfide) groups is 1. The number of amides is 2. The molecule has 0 saturated carbocycles. The molecule has 4 nitrogen and oxygen atoms in total. The lowest BCUT2D eigenvalue weighted by atomic mass is 9.83. The molecule has 0 aromatic heterocycles. The summed E-state index contributed by atoms with van der Waals surface area (Å²) in [4.78, 5) is 24.3. The van der Waals surface area contributed by atoms with Crippen molar-refractivity contribution in [2.75, 3.05) is 0 Å². The first kappa shape index (κ1) is 15.3. The molecule has 2 aromatic carbocycles. The number of benzene rings is 2. The zero-order valence-electron chi connectivity index (χ0n) is 13.1. The Morgan fingerprint density at radius 3 is 1.92 bits per heavy atom. The van der Waals surface area contributed by atoms with Crippen LogP contribution in [0.2, 0.25) is 0 Å². The molecule has 0 radical (unpaired) electrons. The van der Waals surface area contributed by atoms with Crippen LogP contribution in [0.4, 0.5) is 4.79 Å². The zero-order chi connectivity index (χ0) is 16.6. The minimum absolute atomic E-state index is 0.0465. The highest BCUT2D eigenvalue weighted by atomic mass is 32.2. The number of urea groups is 1. The van der Waals surface area contributed by atoms with Crippen LogP contribution in [0, 0.1) is 0 Å². The number of rotatable bonds is 4. The highest BCUT2D eigenvalue weighted by Crippen LogP contribution is 2.46. The molecule has 24 heavy (non-hydrogen) atoms. The molecule has 5 heteroatoms. The molecule has 2 N–H and O–H groups in total. The van der Waals surface area contributed by atoms with Gasteiger partial charge in [-0.15, -0.1) is 0 Å². The Labute approximate surface area is 145 Å². The Bertz CT molecular complexity index is 722. The Kier molecular flexibility index (Phi) is 3.81. The fourth-order valence-corrected chi connectivity index (χ4v) is 5.21. The van der Waals surface area contributed by atoms with E-state index in [2.05, 4.69) is 34.9 Å². The summed E-state index contributed by atoms with van der Waals surface area (Å²) in [6.07, 6.45) is 1.48. The van der Waals surface area contributed by atoms with Gasteiger partial charge in [-0.3, -0.25) is 4.79 Å². The van der Waals surface area contributed by atoms with E-state index in [4.69, 9.17) is 0 Å². The van der Waals surface area contributed by atoms with E-state index in [0.29, 0.717) is 0 Å². The van der Waals surface area contributed by atoms with E-state index in [1.807, 2.05) is 36.4 Å². The van der Waals surface area contributed by atoms with Gasteiger partial charge in [0.1, 0.15) is 6.04 Å². The van der Waals surface area contributed by atoms with E-state index in [1.165, 1.54) is 22.9 Å². The van der Waals surface area contributed by atoms with E-state index < -0.39 is 6.04 Å². The fraction of sp³-hybridized carbons (Fsp3) is 0.263. The maximum absolute atomic E-state index is 12.5. The van der Waals surface area contributed by atoms with Crippen molar-refractivity contribution in [2.45, 2.75) is 29.7 Å². The van der Waals surface area contributed by atoms with Crippen LogP contribution in [-0.4, -0.2) is 28.0 Å². The monoisotopic (exact) mass is 338 g/mol. The normalized spacial score (nSPS) is 24.3. The molecule has 2 saturated heterocycles. The SMILES string of the molecule is O=C1NC2C(=O)SC(Cc3ccccc3)(Cc3ccccc3)C2N1. The summed E-state index contributed by atoms with van der Waals surface area (Å²) >= 11 is 1.38. The first-order valence-electron chi connectivity index (χ1n) is 8.04. The summed E-state index contributed by atoms with van der Waals surface area (Å²) in [5, 5.41) is 5.80. The van der Waals surface area contributed by atoms with Crippen LogP contribution < -0.4 is 10.6 Å². The number of fused-ring (bicyclic) bond motifs is 1. The highest BCUT2D eigenvalue weighted by Gasteiger charge is 2.58. The maximum Gasteiger partial charge on any atom is 0.315 e. The van der Waals surface area contributed by atoms with Gasteiger partial charge in [0.15, 0.2) is 0 Å². The number of nitrogens with one attached hydrogen (secondary N) is 2. The van der Waals surface area contributed by atoms with Gasteiger partial charge in [0.2, 0.25) is 5.12 Å². The second kappa shape index (κ2) is 5.98. The van der Waals surface area contributed by atoms with Crippen LogP contribution in [0.25, 0.3) is 0 Å². The smallest absolute Gasteiger partial charge is 0.315 e. The second-order valence-corrected chi connectivity index (χ2v) is 7.80. The molecule has 2 amide bonds. The van der Waals surface area contributed by atoms with Crippen LogP contribution in [0.1, 0.15) is 11.1 Å². The van der Waals surface area contributed by atoms with Crippen molar-refractivity contribution in [3.05, 3.63) is 71.8 Å². The molecule has 2 heterocycles. The van der Waals surface area contributed by atoms with Crippen LogP contribution in [0.3, 0.4) is 0 Å². The predicted molar refractivity (Wildman–Crippen MR) is 94.9 cm³/mol. The Morgan fingerprint density at radius 2 is 1.38 bits per heavy atom. The Balaban J connectivity index is 1.72. The summed E-state index contributed by atoms with van der Waals surface area (Å²) < 4.78 is -0.371. The van der Waals surface area contributed by atoms with Gasteiger partial charge in [-0.05, 0) is 24.0 Å². The summed E-state index contributed by atoms with van der Waals surface area (Å²) in [6.45, 7) is 0. The number of hydrogen-bond acceptors (Lipinski definition) is 3. The molecule has 2 aromatic rings. The van der Waals surface area contributed by atoms with Crippen LogP contribution in [0.5, 0.6) is 0 Å². The van der Waals surface area contributed by atoms with Crippen molar-refractivity contribution in [3.63, 3.8) is 0 Å². The molecule has 2 atom stereocenters. The topological polar surface area (TPSA) is 58.2 Å². The largest absolute Gasteiger partial charge is 0.331 e. The molecule has 2 aliphatic heterocycles.